The SMILES string of the molecule is CCNC(=O)c1ccc(CN2Cc3ccnc(Oc4ccc(C)cc4F)c3C2=O)cc1. The number of rotatable bonds is 6. The molecule has 0 saturated carbocycles. The molecule has 7 heteroatoms. The zero-order valence-corrected chi connectivity index (χ0v) is 17.3. The van der Waals surface area contributed by atoms with Crippen LogP contribution >= 0.6 is 0 Å². The van der Waals surface area contributed by atoms with Crippen molar-refractivity contribution in [1.29, 1.82) is 0 Å². The van der Waals surface area contributed by atoms with Crippen LogP contribution in [0.2, 0.25) is 0 Å². The van der Waals surface area contributed by atoms with Crippen LogP contribution in [0.5, 0.6) is 11.6 Å². The van der Waals surface area contributed by atoms with Crippen LogP contribution in [0.1, 0.15) is 44.3 Å². The van der Waals surface area contributed by atoms with Crippen LogP contribution in [0.4, 0.5) is 4.39 Å². The average molecular weight is 419 g/mol. The molecule has 6 nitrogen and oxygen atoms in total. The summed E-state index contributed by atoms with van der Waals surface area (Å²) < 4.78 is 19.9. The third kappa shape index (κ3) is 4.26. The number of amides is 2. The Bertz CT molecular complexity index is 1150. The molecule has 2 amide bonds. The largest absolute Gasteiger partial charge is 0.435 e. The quantitative estimate of drug-likeness (QED) is 0.649. The van der Waals surface area contributed by atoms with Gasteiger partial charge in [-0.3, -0.25) is 9.59 Å². The molecule has 1 aromatic heterocycles. The molecule has 0 unspecified atom stereocenters. The van der Waals surface area contributed by atoms with E-state index < -0.39 is 5.82 Å². The van der Waals surface area contributed by atoms with Gasteiger partial charge < -0.3 is 15.0 Å². The minimum atomic E-state index is -0.506. The Labute approximate surface area is 179 Å². The lowest BCUT2D eigenvalue weighted by molar-refractivity contribution is 0.0764. The zero-order valence-electron chi connectivity index (χ0n) is 17.3. The predicted molar refractivity (Wildman–Crippen MR) is 113 cm³/mol. The highest BCUT2D eigenvalue weighted by Crippen LogP contribution is 2.33. The van der Waals surface area contributed by atoms with Gasteiger partial charge in [-0.25, -0.2) is 9.37 Å². The lowest BCUT2D eigenvalue weighted by Crippen LogP contribution is -2.24. The van der Waals surface area contributed by atoms with Crippen molar-refractivity contribution < 1.29 is 18.7 Å². The van der Waals surface area contributed by atoms with Gasteiger partial charge in [0.05, 0.1) is 0 Å². The Morgan fingerprint density at radius 2 is 1.97 bits per heavy atom. The maximum atomic E-state index is 14.2. The number of benzene rings is 2. The fourth-order valence-electron chi connectivity index (χ4n) is 3.52. The molecule has 3 aromatic rings. The lowest BCUT2D eigenvalue weighted by atomic mass is 10.1. The second-order valence-corrected chi connectivity index (χ2v) is 7.40. The highest BCUT2D eigenvalue weighted by Gasteiger charge is 2.32. The monoisotopic (exact) mass is 419 g/mol. The molecule has 2 heterocycles. The summed E-state index contributed by atoms with van der Waals surface area (Å²) in [6, 6.07) is 13.5. The first-order valence-corrected chi connectivity index (χ1v) is 10.0. The molecular weight excluding hydrogens is 397 g/mol. The van der Waals surface area contributed by atoms with Gasteiger partial charge in [0.2, 0.25) is 5.88 Å². The molecule has 4 rings (SSSR count). The Morgan fingerprint density at radius 3 is 2.68 bits per heavy atom. The van der Waals surface area contributed by atoms with Crippen LogP contribution in [0.3, 0.4) is 0 Å². The molecule has 2 aromatic carbocycles. The molecule has 0 fully saturated rings. The molecule has 0 spiro atoms. The molecule has 1 aliphatic heterocycles. The molecule has 0 saturated heterocycles. The van der Waals surface area contributed by atoms with E-state index in [1.54, 1.807) is 42.3 Å². The van der Waals surface area contributed by atoms with Crippen molar-refractivity contribution >= 4 is 11.8 Å². The van der Waals surface area contributed by atoms with Crippen molar-refractivity contribution in [2.45, 2.75) is 26.9 Å². The fourth-order valence-corrected chi connectivity index (χ4v) is 3.52. The summed E-state index contributed by atoms with van der Waals surface area (Å²) in [6.45, 7) is 4.99. The van der Waals surface area contributed by atoms with E-state index in [2.05, 4.69) is 10.3 Å². The van der Waals surface area contributed by atoms with Crippen LogP contribution in [-0.4, -0.2) is 28.2 Å². The fraction of sp³-hybridized carbons (Fsp3) is 0.208. The van der Waals surface area contributed by atoms with Gasteiger partial charge in [-0.1, -0.05) is 18.2 Å². The summed E-state index contributed by atoms with van der Waals surface area (Å²) in [4.78, 5) is 30.8. The maximum Gasteiger partial charge on any atom is 0.260 e. The summed E-state index contributed by atoms with van der Waals surface area (Å²) in [7, 11) is 0. The van der Waals surface area contributed by atoms with E-state index in [1.807, 2.05) is 19.1 Å². The standard InChI is InChI=1S/C24H22FN3O3/c1-3-26-22(29)17-7-5-16(6-8-17)13-28-14-18-10-11-27-23(21(18)24(28)30)31-20-9-4-15(2)12-19(20)25/h4-12H,3,13-14H2,1-2H3,(H,26,29). The van der Waals surface area contributed by atoms with E-state index in [-0.39, 0.29) is 23.4 Å². The highest BCUT2D eigenvalue weighted by molar-refractivity contribution is 6.00. The molecule has 0 bridgehead atoms. The summed E-state index contributed by atoms with van der Waals surface area (Å²) in [6.07, 6.45) is 1.55. The smallest absolute Gasteiger partial charge is 0.260 e. The lowest BCUT2D eigenvalue weighted by Gasteiger charge is -2.16. The number of hydrogen-bond acceptors (Lipinski definition) is 4. The number of carbonyl (C=O) groups excluding carboxylic acids is 2. The summed E-state index contributed by atoms with van der Waals surface area (Å²) >= 11 is 0. The van der Waals surface area contributed by atoms with Crippen LogP contribution in [0.25, 0.3) is 0 Å². The first-order chi connectivity index (χ1) is 15.0. The van der Waals surface area contributed by atoms with Gasteiger partial charge in [0.15, 0.2) is 11.6 Å². The van der Waals surface area contributed by atoms with Crippen molar-refractivity contribution in [2.24, 2.45) is 0 Å². The van der Waals surface area contributed by atoms with Gasteiger partial charge in [-0.15, -0.1) is 0 Å². The second kappa shape index (κ2) is 8.55. The highest BCUT2D eigenvalue weighted by atomic mass is 19.1. The number of fused-ring (bicyclic) bond motifs is 1. The average Bonchev–Trinajstić information content (AvgIpc) is 3.07. The number of nitrogens with zero attached hydrogens (tertiary/aromatic N) is 2. The van der Waals surface area contributed by atoms with E-state index >= 15 is 0 Å². The van der Waals surface area contributed by atoms with E-state index in [4.69, 9.17) is 4.74 Å². The molecule has 158 valence electrons. The minimum absolute atomic E-state index is 0.0266. The van der Waals surface area contributed by atoms with Crippen LogP contribution in [-0.2, 0) is 13.1 Å². The maximum absolute atomic E-state index is 14.2. The Kier molecular flexibility index (Phi) is 5.66. The van der Waals surface area contributed by atoms with Gasteiger partial charge in [0, 0.05) is 31.4 Å². The Hall–Kier alpha value is -3.74. The summed E-state index contributed by atoms with van der Waals surface area (Å²) in [5.74, 6) is -0.736. The Morgan fingerprint density at radius 1 is 1.19 bits per heavy atom. The summed E-state index contributed by atoms with van der Waals surface area (Å²) in [5, 5.41) is 2.76. The number of carbonyl (C=O) groups is 2. The van der Waals surface area contributed by atoms with Gasteiger partial charge in [-0.05, 0) is 60.9 Å². The van der Waals surface area contributed by atoms with E-state index in [0.29, 0.717) is 30.8 Å². The van der Waals surface area contributed by atoms with Crippen molar-refractivity contribution in [2.75, 3.05) is 6.54 Å². The van der Waals surface area contributed by atoms with E-state index in [0.717, 1.165) is 16.7 Å². The predicted octanol–water partition coefficient (Wildman–Crippen LogP) is 4.23. The first-order valence-electron chi connectivity index (χ1n) is 10.0. The molecular formula is C24H22FN3O3. The van der Waals surface area contributed by atoms with Gasteiger partial charge in [-0.2, -0.15) is 0 Å². The normalized spacial score (nSPS) is 12.6. The molecule has 1 N–H and O–H groups in total. The summed E-state index contributed by atoms with van der Waals surface area (Å²) in [5.41, 5.74) is 3.37. The van der Waals surface area contributed by atoms with Crippen LogP contribution in [0, 0.1) is 12.7 Å². The van der Waals surface area contributed by atoms with Crippen molar-refractivity contribution in [1.82, 2.24) is 15.2 Å². The topological polar surface area (TPSA) is 71.5 Å². The third-order valence-electron chi connectivity index (χ3n) is 5.09. The third-order valence-corrected chi connectivity index (χ3v) is 5.09. The van der Waals surface area contributed by atoms with Gasteiger partial charge in [0.1, 0.15) is 5.56 Å². The molecule has 31 heavy (non-hydrogen) atoms. The van der Waals surface area contributed by atoms with Crippen molar-refractivity contribution in [3.8, 4) is 11.6 Å². The Balaban J connectivity index is 1.52. The van der Waals surface area contributed by atoms with E-state index in [1.165, 1.54) is 12.1 Å². The second-order valence-electron chi connectivity index (χ2n) is 7.40. The van der Waals surface area contributed by atoms with Crippen LogP contribution in [0.15, 0.2) is 54.7 Å². The van der Waals surface area contributed by atoms with Crippen molar-refractivity contribution in [3.05, 3.63) is 88.4 Å². The number of aromatic nitrogens is 1. The number of ether oxygens (including phenoxy) is 1. The number of hydrogen-bond donors (Lipinski definition) is 1. The number of nitrogens with one attached hydrogen (secondary N) is 1. The molecule has 1 aliphatic rings. The number of aryl methyl sites for hydroxylation is 1. The zero-order chi connectivity index (χ0) is 22.0. The minimum Gasteiger partial charge on any atom is -0.435 e. The first kappa shape index (κ1) is 20.5. The van der Waals surface area contributed by atoms with Gasteiger partial charge in [0.25, 0.3) is 11.8 Å². The van der Waals surface area contributed by atoms with Gasteiger partial charge >= 0.3 is 0 Å². The van der Waals surface area contributed by atoms with Crippen LogP contribution < -0.4 is 10.1 Å². The number of halogens is 1. The molecule has 0 aliphatic carbocycles. The van der Waals surface area contributed by atoms with Crippen molar-refractivity contribution in [3.63, 3.8) is 0 Å². The molecule has 0 atom stereocenters. The molecule has 0 radical (unpaired) electrons. The van der Waals surface area contributed by atoms with E-state index in [9.17, 15) is 14.0 Å². The number of pyridine rings is 1.